The molecule has 0 radical (unpaired) electrons. The SMILES string of the molecule is COc1cc(OC)cc(N2CCC(NC(=O)C(C)(C)N)C2)c1. The van der Waals surface area contributed by atoms with E-state index in [0.717, 1.165) is 36.7 Å². The molecule has 1 fully saturated rings. The Morgan fingerprint density at radius 3 is 2.36 bits per heavy atom. The van der Waals surface area contributed by atoms with Crippen LogP contribution in [0.5, 0.6) is 11.5 Å². The molecule has 1 aromatic rings. The summed E-state index contributed by atoms with van der Waals surface area (Å²) in [5, 5.41) is 3.01. The van der Waals surface area contributed by atoms with Crippen molar-refractivity contribution >= 4 is 11.6 Å². The van der Waals surface area contributed by atoms with Gasteiger partial charge in [0, 0.05) is 43.0 Å². The molecule has 2 rings (SSSR count). The van der Waals surface area contributed by atoms with Crippen LogP contribution in [-0.2, 0) is 4.79 Å². The monoisotopic (exact) mass is 307 g/mol. The van der Waals surface area contributed by atoms with E-state index in [0.29, 0.717) is 0 Å². The highest BCUT2D eigenvalue weighted by Crippen LogP contribution is 2.30. The van der Waals surface area contributed by atoms with Crippen LogP contribution in [0, 0.1) is 0 Å². The maximum Gasteiger partial charge on any atom is 0.239 e. The van der Waals surface area contributed by atoms with Crippen molar-refractivity contribution in [3.8, 4) is 11.5 Å². The van der Waals surface area contributed by atoms with Crippen LogP contribution in [0.2, 0.25) is 0 Å². The molecule has 1 aliphatic heterocycles. The first-order chi connectivity index (χ1) is 10.3. The molecule has 1 unspecified atom stereocenters. The van der Waals surface area contributed by atoms with E-state index in [4.69, 9.17) is 15.2 Å². The first-order valence-electron chi connectivity index (χ1n) is 7.41. The second-order valence-corrected chi connectivity index (χ2v) is 6.20. The van der Waals surface area contributed by atoms with E-state index < -0.39 is 5.54 Å². The number of hydrogen-bond donors (Lipinski definition) is 2. The van der Waals surface area contributed by atoms with E-state index >= 15 is 0 Å². The predicted octanol–water partition coefficient (Wildman–Crippen LogP) is 1.14. The largest absolute Gasteiger partial charge is 0.497 e. The molecule has 0 spiro atoms. The highest BCUT2D eigenvalue weighted by molar-refractivity contribution is 5.85. The zero-order chi connectivity index (χ0) is 16.3. The molecule has 6 nitrogen and oxygen atoms in total. The van der Waals surface area contributed by atoms with Gasteiger partial charge in [-0.25, -0.2) is 0 Å². The lowest BCUT2D eigenvalue weighted by molar-refractivity contribution is -0.125. The van der Waals surface area contributed by atoms with Crippen LogP contribution in [0.3, 0.4) is 0 Å². The third kappa shape index (κ3) is 3.82. The Morgan fingerprint density at radius 1 is 1.27 bits per heavy atom. The summed E-state index contributed by atoms with van der Waals surface area (Å²) in [7, 11) is 3.27. The van der Waals surface area contributed by atoms with Crippen LogP contribution in [-0.4, -0.2) is 44.8 Å². The molecule has 1 aliphatic rings. The third-order valence-corrected chi connectivity index (χ3v) is 3.81. The summed E-state index contributed by atoms with van der Waals surface area (Å²) < 4.78 is 10.6. The molecule has 6 heteroatoms. The van der Waals surface area contributed by atoms with Crippen LogP contribution in [0.4, 0.5) is 5.69 Å². The van der Waals surface area contributed by atoms with Crippen molar-refractivity contribution in [2.45, 2.75) is 31.8 Å². The van der Waals surface area contributed by atoms with Gasteiger partial charge in [0.05, 0.1) is 19.8 Å². The van der Waals surface area contributed by atoms with Gasteiger partial charge in [0.25, 0.3) is 0 Å². The summed E-state index contributed by atoms with van der Waals surface area (Å²) in [6, 6.07) is 5.89. The lowest BCUT2D eigenvalue weighted by atomic mass is 10.1. The second kappa shape index (κ2) is 6.44. The molecule has 1 atom stereocenters. The zero-order valence-electron chi connectivity index (χ0n) is 13.7. The van der Waals surface area contributed by atoms with Crippen molar-refractivity contribution in [3.05, 3.63) is 18.2 Å². The van der Waals surface area contributed by atoms with Gasteiger partial charge in [0.2, 0.25) is 5.91 Å². The summed E-state index contributed by atoms with van der Waals surface area (Å²) in [4.78, 5) is 14.2. The zero-order valence-corrected chi connectivity index (χ0v) is 13.7. The van der Waals surface area contributed by atoms with Gasteiger partial charge in [-0.05, 0) is 20.3 Å². The lowest BCUT2D eigenvalue weighted by Gasteiger charge is -2.23. The molecule has 1 heterocycles. The van der Waals surface area contributed by atoms with Gasteiger partial charge in [-0.1, -0.05) is 0 Å². The summed E-state index contributed by atoms with van der Waals surface area (Å²) in [5.74, 6) is 1.39. The molecule has 22 heavy (non-hydrogen) atoms. The fraction of sp³-hybridized carbons (Fsp3) is 0.562. The minimum atomic E-state index is -0.855. The topological polar surface area (TPSA) is 76.8 Å². The Labute approximate surface area is 131 Å². The average Bonchev–Trinajstić information content (AvgIpc) is 2.94. The van der Waals surface area contributed by atoms with E-state index in [1.807, 2.05) is 18.2 Å². The number of nitrogens with one attached hydrogen (secondary N) is 1. The van der Waals surface area contributed by atoms with Gasteiger partial charge in [0.15, 0.2) is 0 Å². The quantitative estimate of drug-likeness (QED) is 0.853. The van der Waals surface area contributed by atoms with Gasteiger partial charge in [-0.3, -0.25) is 4.79 Å². The highest BCUT2D eigenvalue weighted by atomic mass is 16.5. The van der Waals surface area contributed by atoms with Crippen molar-refractivity contribution in [1.82, 2.24) is 5.32 Å². The standard InChI is InChI=1S/C16H25N3O3/c1-16(2,17)15(20)18-11-5-6-19(10-11)12-7-13(21-3)9-14(8-12)22-4/h7-9,11H,5-6,10,17H2,1-4H3,(H,18,20). The van der Waals surface area contributed by atoms with Crippen LogP contribution in [0.25, 0.3) is 0 Å². The number of nitrogens with zero attached hydrogens (tertiary/aromatic N) is 1. The van der Waals surface area contributed by atoms with Crippen LogP contribution < -0.4 is 25.4 Å². The first kappa shape index (κ1) is 16.4. The normalized spacial score (nSPS) is 18.2. The molecule has 1 amide bonds. The van der Waals surface area contributed by atoms with Crippen LogP contribution >= 0.6 is 0 Å². The van der Waals surface area contributed by atoms with E-state index in [1.54, 1.807) is 28.1 Å². The number of carbonyl (C=O) groups excluding carboxylic acids is 1. The summed E-state index contributed by atoms with van der Waals surface area (Å²) in [6.07, 6.45) is 0.890. The number of benzene rings is 1. The maximum atomic E-state index is 12.0. The van der Waals surface area contributed by atoms with Crippen molar-refractivity contribution < 1.29 is 14.3 Å². The molecule has 0 bridgehead atoms. The number of hydrogen-bond acceptors (Lipinski definition) is 5. The summed E-state index contributed by atoms with van der Waals surface area (Å²) in [5.41, 5.74) is 5.99. The lowest BCUT2D eigenvalue weighted by Crippen LogP contribution is -2.52. The van der Waals surface area contributed by atoms with Crippen molar-refractivity contribution in [2.24, 2.45) is 5.73 Å². The Bertz CT molecular complexity index is 518. The molecular formula is C16H25N3O3. The van der Waals surface area contributed by atoms with E-state index in [-0.39, 0.29) is 11.9 Å². The molecule has 1 aromatic carbocycles. The second-order valence-electron chi connectivity index (χ2n) is 6.20. The Balaban J connectivity index is 2.05. The number of ether oxygens (including phenoxy) is 2. The minimum Gasteiger partial charge on any atom is -0.497 e. The molecule has 3 N–H and O–H groups in total. The summed E-state index contributed by atoms with van der Waals surface area (Å²) >= 11 is 0. The number of rotatable bonds is 5. The van der Waals surface area contributed by atoms with E-state index in [9.17, 15) is 4.79 Å². The number of amides is 1. The van der Waals surface area contributed by atoms with Crippen LogP contribution in [0.1, 0.15) is 20.3 Å². The van der Waals surface area contributed by atoms with Gasteiger partial charge >= 0.3 is 0 Å². The third-order valence-electron chi connectivity index (χ3n) is 3.81. The highest BCUT2D eigenvalue weighted by Gasteiger charge is 2.29. The molecular weight excluding hydrogens is 282 g/mol. The molecule has 122 valence electrons. The Kier molecular flexibility index (Phi) is 4.81. The number of anilines is 1. The van der Waals surface area contributed by atoms with Crippen molar-refractivity contribution in [1.29, 1.82) is 0 Å². The molecule has 0 aliphatic carbocycles. The average molecular weight is 307 g/mol. The number of nitrogens with two attached hydrogens (primary N) is 1. The molecule has 0 aromatic heterocycles. The van der Waals surface area contributed by atoms with Crippen molar-refractivity contribution in [2.75, 3.05) is 32.2 Å². The smallest absolute Gasteiger partial charge is 0.239 e. The van der Waals surface area contributed by atoms with Crippen LogP contribution in [0.15, 0.2) is 18.2 Å². The van der Waals surface area contributed by atoms with Gasteiger partial charge in [-0.2, -0.15) is 0 Å². The number of methoxy groups -OCH3 is 2. The predicted molar refractivity (Wildman–Crippen MR) is 86.6 cm³/mol. The maximum absolute atomic E-state index is 12.0. The summed E-state index contributed by atoms with van der Waals surface area (Å²) in [6.45, 7) is 5.04. The first-order valence-corrected chi connectivity index (χ1v) is 7.41. The van der Waals surface area contributed by atoms with Gasteiger partial charge in [-0.15, -0.1) is 0 Å². The number of carbonyl (C=O) groups is 1. The van der Waals surface area contributed by atoms with E-state index in [1.165, 1.54) is 0 Å². The Hall–Kier alpha value is -1.95. The van der Waals surface area contributed by atoms with Gasteiger partial charge in [0.1, 0.15) is 11.5 Å². The van der Waals surface area contributed by atoms with Gasteiger partial charge < -0.3 is 25.4 Å². The molecule has 1 saturated heterocycles. The fourth-order valence-corrected chi connectivity index (χ4v) is 2.46. The minimum absolute atomic E-state index is 0.104. The Morgan fingerprint density at radius 2 is 1.86 bits per heavy atom. The fourth-order valence-electron chi connectivity index (χ4n) is 2.46. The van der Waals surface area contributed by atoms with Crippen molar-refractivity contribution in [3.63, 3.8) is 0 Å². The van der Waals surface area contributed by atoms with E-state index in [2.05, 4.69) is 10.2 Å². The molecule has 0 saturated carbocycles.